The zero-order valence-electron chi connectivity index (χ0n) is 14.3. The van der Waals surface area contributed by atoms with Gasteiger partial charge in [0, 0.05) is 30.7 Å². The average molecular weight is 338 g/mol. The van der Waals surface area contributed by atoms with Gasteiger partial charge >= 0.3 is 0 Å². The molecule has 5 nitrogen and oxygen atoms in total. The summed E-state index contributed by atoms with van der Waals surface area (Å²) in [5.74, 6) is 0.266. The first-order valence-corrected chi connectivity index (χ1v) is 9.86. The normalized spacial score (nSPS) is 17.1. The summed E-state index contributed by atoms with van der Waals surface area (Å²) in [6, 6.07) is 7.59. The summed E-state index contributed by atoms with van der Waals surface area (Å²) in [7, 11) is -3.47. The number of carbonyl (C=O) groups excluding carboxylic acids is 1. The topological polar surface area (TPSA) is 66.5 Å². The van der Waals surface area contributed by atoms with Gasteiger partial charge in [0.1, 0.15) is 4.75 Å². The van der Waals surface area contributed by atoms with E-state index in [9.17, 15) is 13.2 Å². The van der Waals surface area contributed by atoms with Gasteiger partial charge in [-0.1, -0.05) is 6.92 Å². The van der Waals surface area contributed by atoms with Crippen molar-refractivity contribution in [3.8, 4) is 0 Å². The van der Waals surface area contributed by atoms with Gasteiger partial charge in [-0.2, -0.15) is 0 Å². The Morgan fingerprint density at radius 3 is 2.17 bits per heavy atom. The maximum absolute atomic E-state index is 12.2. The van der Waals surface area contributed by atoms with Crippen molar-refractivity contribution in [1.29, 1.82) is 0 Å². The number of carbonyl (C=O) groups is 1. The molecule has 0 bridgehead atoms. The molecule has 0 radical (unpaired) electrons. The Morgan fingerprint density at radius 2 is 1.70 bits per heavy atom. The van der Waals surface area contributed by atoms with Gasteiger partial charge in [0.25, 0.3) is 0 Å². The van der Waals surface area contributed by atoms with E-state index < -0.39 is 20.5 Å². The van der Waals surface area contributed by atoms with Crippen LogP contribution in [0.15, 0.2) is 24.3 Å². The molecule has 23 heavy (non-hydrogen) atoms. The standard InChI is InChI=1S/C17H26N2O3S/c1-13-9-11-19(12-10-13)15-7-5-14(6-8-15)18-16(20)17(2,3)23(4,21)22/h5-8,13H,9-12H2,1-4H3,(H,18,20). The molecule has 0 unspecified atom stereocenters. The lowest BCUT2D eigenvalue weighted by atomic mass is 9.99. The highest BCUT2D eigenvalue weighted by Crippen LogP contribution is 2.25. The van der Waals surface area contributed by atoms with Gasteiger partial charge in [0.15, 0.2) is 9.84 Å². The molecule has 2 rings (SSSR count). The van der Waals surface area contributed by atoms with Crippen molar-refractivity contribution in [2.45, 2.75) is 38.4 Å². The average Bonchev–Trinajstić information content (AvgIpc) is 2.47. The molecular formula is C17H26N2O3S. The van der Waals surface area contributed by atoms with Gasteiger partial charge in [-0.05, 0) is 56.9 Å². The fraction of sp³-hybridized carbons (Fsp3) is 0.588. The summed E-state index contributed by atoms with van der Waals surface area (Å²) in [5, 5.41) is 2.69. The Bertz CT molecular complexity index is 658. The number of benzene rings is 1. The monoisotopic (exact) mass is 338 g/mol. The van der Waals surface area contributed by atoms with Crippen LogP contribution in [0.1, 0.15) is 33.6 Å². The Kier molecular flexibility index (Phi) is 5.04. The van der Waals surface area contributed by atoms with Crippen molar-refractivity contribution < 1.29 is 13.2 Å². The lowest BCUT2D eigenvalue weighted by Crippen LogP contribution is -2.43. The number of sulfone groups is 1. The SMILES string of the molecule is CC1CCN(c2ccc(NC(=O)C(C)(C)S(C)(=O)=O)cc2)CC1. The summed E-state index contributed by atoms with van der Waals surface area (Å²) in [5.41, 5.74) is 1.75. The largest absolute Gasteiger partial charge is 0.372 e. The van der Waals surface area contributed by atoms with Crippen LogP contribution in [0.2, 0.25) is 0 Å². The van der Waals surface area contributed by atoms with Gasteiger partial charge in [0.2, 0.25) is 5.91 Å². The van der Waals surface area contributed by atoms with Crippen LogP contribution in [-0.2, 0) is 14.6 Å². The van der Waals surface area contributed by atoms with Crippen molar-refractivity contribution in [2.24, 2.45) is 5.92 Å². The van der Waals surface area contributed by atoms with E-state index in [4.69, 9.17) is 0 Å². The Morgan fingerprint density at radius 1 is 1.17 bits per heavy atom. The molecule has 1 fully saturated rings. The number of nitrogens with one attached hydrogen (secondary N) is 1. The van der Waals surface area contributed by atoms with E-state index >= 15 is 0 Å². The fourth-order valence-corrected chi connectivity index (χ4v) is 2.86. The minimum atomic E-state index is -3.47. The molecule has 128 valence electrons. The smallest absolute Gasteiger partial charge is 0.245 e. The molecule has 0 saturated carbocycles. The third-order valence-electron chi connectivity index (χ3n) is 4.75. The van der Waals surface area contributed by atoms with E-state index in [0.717, 1.165) is 31.0 Å². The van der Waals surface area contributed by atoms with E-state index in [1.165, 1.54) is 26.7 Å². The highest BCUT2D eigenvalue weighted by Gasteiger charge is 2.38. The zero-order valence-corrected chi connectivity index (χ0v) is 15.1. The third-order valence-corrected chi connectivity index (χ3v) is 6.79. The number of piperidine rings is 1. The molecule has 1 aromatic rings. The van der Waals surface area contributed by atoms with Crippen LogP contribution in [0.3, 0.4) is 0 Å². The molecule has 0 aromatic heterocycles. The van der Waals surface area contributed by atoms with E-state index in [2.05, 4.69) is 17.1 Å². The first kappa shape index (κ1) is 17.8. The van der Waals surface area contributed by atoms with Crippen LogP contribution in [0, 0.1) is 5.92 Å². The van der Waals surface area contributed by atoms with E-state index in [0.29, 0.717) is 5.69 Å². The summed E-state index contributed by atoms with van der Waals surface area (Å²) in [6.45, 7) is 7.21. The van der Waals surface area contributed by atoms with Gasteiger partial charge in [-0.25, -0.2) is 8.42 Å². The molecule has 1 N–H and O–H groups in total. The molecule has 1 aliphatic rings. The maximum Gasteiger partial charge on any atom is 0.245 e. The van der Waals surface area contributed by atoms with E-state index in [-0.39, 0.29) is 0 Å². The molecule has 1 heterocycles. The summed E-state index contributed by atoms with van der Waals surface area (Å²) in [6.07, 6.45) is 3.47. The Balaban J connectivity index is 2.04. The number of amides is 1. The first-order valence-electron chi connectivity index (χ1n) is 7.97. The summed E-state index contributed by atoms with van der Waals surface area (Å²) < 4.78 is 22.0. The second kappa shape index (κ2) is 6.51. The second-order valence-electron chi connectivity index (χ2n) is 6.95. The van der Waals surface area contributed by atoms with Gasteiger partial charge in [-0.3, -0.25) is 4.79 Å². The van der Waals surface area contributed by atoms with E-state index in [1.807, 2.05) is 24.3 Å². The van der Waals surface area contributed by atoms with Gasteiger partial charge < -0.3 is 10.2 Å². The predicted molar refractivity (Wildman–Crippen MR) is 94.6 cm³/mol. The van der Waals surface area contributed by atoms with Crippen LogP contribution in [0.4, 0.5) is 11.4 Å². The second-order valence-corrected chi connectivity index (χ2v) is 9.52. The molecule has 0 atom stereocenters. The molecule has 1 amide bonds. The Labute approximate surface area is 139 Å². The van der Waals surface area contributed by atoms with Crippen LogP contribution >= 0.6 is 0 Å². The van der Waals surface area contributed by atoms with Crippen LogP contribution in [-0.4, -0.2) is 38.4 Å². The number of anilines is 2. The zero-order chi connectivity index (χ0) is 17.3. The quantitative estimate of drug-likeness (QED) is 0.916. The fourth-order valence-electron chi connectivity index (χ4n) is 2.47. The van der Waals surface area contributed by atoms with Crippen molar-refractivity contribution in [3.63, 3.8) is 0 Å². The Hall–Kier alpha value is -1.56. The van der Waals surface area contributed by atoms with Crippen molar-refractivity contribution in [1.82, 2.24) is 0 Å². The van der Waals surface area contributed by atoms with Gasteiger partial charge in [0.05, 0.1) is 0 Å². The predicted octanol–water partition coefficient (Wildman–Crippen LogP) is 2.68. The number of hydrogen-bond donors (Lipinski definition) is 1. The summed E-state index contributed by atoms with van der Waals surface area (Å²) in [4.78, 5) is 14.5. The molecule has 1 saturated heterocycles. The van der Waals surface area contributed by atoms with Crippen molar-refractivity contribution in [3.05, 3.63) is 24.3 Å². The molecule has 6 heteroatoms. The van der Waals surface area contributed by atoms with Gasteiger partial charge in [-0.15, -0.1) is 0 Å². The van der Waals surface area contributed by atoms with Crippen LogP contribution < -0.4 is 10.2 Å². The highest BCUT2D eigenvalue weighted by atomic mass is 32.2. The number of nitrogens with zero attached hydrogens (tertiary/aromatic N) is 1. The summed E-state index contributed by atoms with van der Waals surface area (Å²) >= 11 is 0. The number of rotatable bonds is 4. The molecular weight excluding hydrogens is 312 g/mol. The lowest BCUT2D eigenvalue weighted by Gasteiger charge is -2.32. The third kappa shape index (κ3) is 4.05. The first-order chi connectivity index (χ1) is 10.6. The minimum absolute atomic E-state index is 0.514. The molecule has 0 spiro atoms. The van der Waals surface area contributed by atoms with Crippen molar-refractivity contribution in [2.75, 3.05) is 29.6 Å². The van der Waals surface area contributed by atoms with Crippen molar-refractivity contribution >= 4 is 27.1 Å². The highest BCUT2D eigenvalue weighted by molar-refractivity contribution is 7.92. The number of hydrogen-bond acceptors (Lipinski definition) is 4. The van der Waals surface area contributed by atoms with Crippen LogP contribution in [0.25, 0.3) is 0 Å². The molecule has 1 aliphatic heterocycles. The lowest BCUT2D eigenvalue weighted by molar-refractivity contribution is -0.117. The van der Waals surface area contributed by atoms with E-state index in [1.54, 1.807) is 0 Å². The van der Waals surface area contributed by atoms with Crippen LogP contribution in [0.5, 0.6) is 0 Å². The molecule has 1 aromatic carbocycles. The molecule has 0 aliphatic carbocycles. The minimum Gasteiger partial charge on any atom is -0.372 e. The maximum atomic E-state index is 12.2.